The predicted molar refractivity (Wildman–Crippen MR) is 146 cm³/mol. The van der Waals surface area contributed by atoms with Gasteiger partial charge in [0.2, 0.25) is 0 Å². The highest BCUT2D eigenvalue weighted by atomic mass is 35.5. The average Bonchev–Trinajstić information content (AvgIpc) is 3.63. The van der Waals surface area contributed by atoms with Crippen LogP contribution in [-0.4, -0.2) is 65.6 Å². The Hall–Kier alpha value is -3.67. The molecule has 1 unspecified atom stereocenters. The van der Waals surface area contributed by atoms with E-state index >= 15 is 0 Å². The number of thiophene rings is 1. The van der Waals surface area contributed by atoms with E-state index in [0.29, 0.717) is 29.4 Å². The number of nitrogens with zero attached hydrogens (tertiary/aromatic N) is 3. The lowest BCUT2D eigenvalue weighted by atomic mass is 10.2. The zero-order valence-electron chi connectivity index (χ0n) is 20.2. The van der Waals surface area contributed by atoms with E-state index < -0.39 is 15.9 Å². The summed E-state index contributed by atoms with van der Waals surface area (Å²) in [4.78, 5) is 27.8. The minimum Gasteiger partial charge on any atom is -0.465 e. The number of hydrogen-bond acceptors (Lipinski definition) is 6. The van der Waals surface area contributed by atoms with Crippen molar-refractivity contribution in [3.8, 4) is 26.7 Å². The fourth-order valence-corrected chi connectivity index (χ4v) is 6.26. The van der Waals surface area contributed by atoms with E-state index in [0.717, 1.165) is 15.3 Å². The summed E-state index contributed by atoms with van der Waals surface area (Å²) < 4.78 is 25.7. The van der Waals surface area contributed by atoms with Gasteiger partial charge in [-0.3, -0.25) is 4.79 Å². The molecule has 0 saturated carbocycles. The molecule has 1 saturated heterocycles. The van der Waals surface area contributed by atoms with Crippen LogP contribution in [0.4, 0.5) is 4.79 Å². The summed E-state index contributed by atoms with van der Waals surface area (Å²) in [5.74, 6) is -0.302. The molecule has 0 bridgehead atoms. The van der Waals surface area contributed by atoms with Crippen LogP contribution in [0.1, 0.15) is 16.9 Å². The van der Waals surface area contributed by atoms with Crippen LogP contribution < -0.4 is 5.32 Å². The lowest BCUT2D eigenvalue weighted by molar-refractivity contribution is 0.0782. The number of para-hydroxylation sites is 1. The number of nitrogens with one attached hydrogen (secondary N) is 1. The van der Waals surface area contributed by atoms with Gasteiger partial charge in [0, 0.05) is 24.2 Å². The molecule has 38 heavy (non-hydrogen) atoms. The largest absolute Gasteiger partial charge is 0.465 e. The van der Waals surface area contributed by atoms with E-state index in [1.807, 2.05) is 24.3 Å². The SMILES string of the molecule is CS(=O)(=O)c1cccc(-c2ccc(-c3cc(C(=O)N4CCC(NC(=O)O)C4)nn3-c3ccccc3Cl)s2)c1. The van der Waals surface area contributed by atoms with E-state index in [1.165, 1.54) is 17.6 Å². The third-order valence-corrected chi connectivity index (χ3v) is 8.80. The van der Waals surface area contributed by atoms with E-state index in [2.05, 4.69) is 10.4 Å². The van der Waals surface area contributed by atoms with Crippen LogP contribution in [0.2, 0.25) is 5.02 Å². The molecule has 1 fully saturated rings. The van der Waals surface area contributed by atoms with Crippen LogP contribution in [0.5, 0.6) is 0 Å². The standard InChI is InChI=1S/C26H23ClN4O5S2/c1-38(35,36)18-6-4-5-16(13-18)23-9-10-24(37-23)22-14-20(29-31(22)21-8-3-2-7-19(21)27)25(32)30-12-11-17(15-30)28-26(33)34/h2-10,13-14,17,28H,11-12,15H2,1H3,(H,33,34). The highest BCUT2D eigenvalue weighted by molar-refractivity contribution is 7.90. The minimum atomic E-state index is -3.35. The van der Waals surface area contributed by atoms with Gasteiger partial charge in [0.25, 0.3) is 5.91 Å². The molecule has 1 aliphatic rings. The second kappa shape index (κ2) is 10.2. The Kier molecular flexibility index (Phi) is 6.99. The monoisotopic (exact) mass is 570 g/mol. The number of sulfone groups is 1. The van der Waals surface area contributed by atoms with Crippen LogP contribution >= 0.6 is 22.9 Å². The summed E-state index contributed by atoms with van der Waals surface area (Å²) in [5.41, 5.74) is 2.23. The highest BCUT2D eigenvalue weighted by Crippen LogP contribution is 2.37. The maximum absolute atomic E-state index is 13.3. The number of carboxylic acid groups (broad SMARTS) is 1. The first-order valence-electron chi connectivity index (χ1n) is 11.6. The van der Waals surface area contributed by atoms with Gasteiger partial charge in [-0.1, -0.05) is 35.9 Å². The quantitative estimate of drug-likeness (QED) is 0.343. The molecule has 5 rings (SSSR count). The maximum atomic E-state index is 13.3. The summed E-state index contributed by atoms with van der Waals surface area (Å²) in [7, 11) is -3.35. The predicted octanol–water partition coefficient (Wildman–Crippen LogP) is 4.81. The summed E-state index contributed by atoms with van der Waals surface area (Å²) >= 11 is 7.93. The fraction of sp³-hybridized carbons (Fsp3) is 0.192. The summed E-state index contributed by atoms with van der Waals surface area (Å²) in [6.07, 6.45) is 0.578. The molecule has 1 aliphatic heterocycles. The smallest absolute Gasteiger partial charge is 0.404 e. The van der Waals surface area contributed by atoms with Crippen molar-refractivity contribution in [1.82, 2.24) is 20.0 Å². The Bertz CT molecular complexity index is 1650. The second-order valence-electron chi connectivity index (χ2n) is 8.93. The molecule has 2 N–H and O–H groups in total. The molecule has 196 valence electrons. The molecule has 1 atom stereocenters. The second-order valence-corrected chi connectivity index (χ2v) is 12.4. The van der Waals surface area contributed by atoms with E-state index in [1.54, 1.807) is 52.0 Å². The van der Waals surface area contributed by atoms with E-state index in [9.17, 15) is 18.0 Å². The van der Waals surface area contributed by atoms with Gasteiger partial charge in [0.15, 0.2) is 15.5 Å². The first-order chi connectivity index (χ1) is 18.1. The Morgan fingerprint density at radius 3 is 2.58 bits per heavy atom. The first-order valence-corrected chi connectivity index (χ1v) is 14.7. The summed E-state index contributed by atoms with van der Waals surface area (Å²) in [5, 5.41) is 16.5. The van der Waals surface area contributed by atoms with Crippen molar-refractivity contribution in [3.05, 3.63) is 77.4 Å². The molecule has 2 aromatic carbocycles. The van der Waals surface area contributed by atoms with Crippen LogP contribution in [0, 0.1) is 0 Å². The molecule has 0 spiro atoms. The zero-order chi connectivity index (χ0) is 27.0. The van der Waals surface area contributed by atoms with Gasteiger partial charge in [-0.05, 0) is 54.4 Å². The fourth-order valence-electron chi connectivity index (χ4n) is 4.38. The van der Waals surface area contributed by atoms with Crippen LogP contribution in [0.25, 0.3) is 26.7 Å². The lowest BCUT2D eigenvalue weighted by Crippen LogP contribution is -2.37. The highest BCUT2D eigenvalue weighted by Gasteiger charge is 2.30. The average molecular weight is 571 g/mol. The number of carbonyl (C=O) groups excluding carboxylic acids is 1. The van der Waals surface area contributed by atoms with Crippen molar-refractivity contribution >= 4 is 44.8 Å². The number of rotatable bonds is 6. The van der Waals surface area contributed by atoms with Gasteiger partial charge in [-0.2, -0.15) is 5.10 Å². The molecular formula is C26H23ClN4O5S2. The van der Waals surface area contributed by atoms with Crippen LogP contribution in [0.3, 0.4) is 0 Å². The van der Waals surface area contributed by atoms with Crippen molar-refractivity contribution in [3.63, 3.8) is 0 Å². The molecular weight excluding hydrogens is 548 g/mol. The van der Waals surface area contributed by atoms with Crippen molar-refractivity contribution in [2.75, 3.05) is 19.3 Å². The Morgan fingerprint density at radius 1 is 1.08 bits per heavy atom. The van der Waals surface area contributed by atoms with Gasteiger partial charge < -0.3 is 15.3 Å². The van der Waals surface area contributed by atoms with Crippen molar-refractivity contribution in [1.29, 1.82) is 0 Å². The molecule has 2 amide bonds. The number of halogens is 1. The van der Waals surface area contributed by atoms with Crippen molar-refractivity contribution < 1.29 is 23.1 Å². The molecule has 3 heterocycles. The number of likely N-dealkylation sites (tertiary alicyclic amines) is 1. The molecule has 0 aliphatic carbocycles. The minimum absolute atomic E-state index is 0.213. The Labute approximate surface area is 228 Å². The molecule has 9 nitrogen and oxygen atoms in total. The van der Waals surface area contributed by atoms with Gasteiger partial charge >= 0.3 is 6.09 Å². The molecule has 0 radical (unpaired) electrons. The molecule has 12 heteroatoms. The van der Waals surface area contributed by atoms with Gasteiger partial charge in [-0.25, -0.2) is 17.9 Å². The van der Waals surface area contributed by atoms with Crippen LogP contribution in [-0.2, 0) is 9.84 Å². The Balaban J connectivity index is 1.53. The zero-order valence-corrected chi connectivity index (χ0v) is 22.6. The van der Waals surface area contributed by atoms with E-state index in [-0.39, 0.29) is 29.1 Å². The molecule has 4 aromatic rings. The lowest BCUT2D eigenvalue weighted by Gasteiger charge is -2.15. The number of benzene rings is 2. The topological polar surface area (TPSA) is 122 Å². The number of amides is 2. The van der Waals surface area contributed by atoms with Gasteiger partial charge in [-0.15, -0.1) is 11.3 Å². The first kappa shape index (κ1) is 26.0. The van der Waals surface area contributed by atoms with Crippen LogP contribution in [0.15, 0.2) is 71.6 Å². The number of carbonyl (C=O) groups is 2. The van der Waals surface area contributed by atoms with Crippen molar-refractivity contribution in [2.45, 2.75) is 17.4 Å². The number of aromatic nitrogens is 2. The third kappa shape index (κ3) is 5.31. The van der Waals surface area contributed by atoms with E-state index in [4.69, 9.17) is 16.7 Å². The number of hydrogen-bond donors (Lipinski definition) is 2. The normalized spacial score (nSPS) is 15.5. The molecule has 2 aromatic heterocycles. The maximum Gasteiger partial charge on any atom is 0.404 e. The summed E-state index contributed by atoms with van der Waals surface area (Å²) in [6.45, 7) is 0.678. The summed E-state index contributed by atoms with van der Waals surface area (Å²) in [6, 6.07) is 19.1. The Morgan fingerprint density at radius 2 is 1.84 bits per heavy atom. The third-order valence-electron chi connectivity index (χ3n) is 6.22. The van der Waals surface area contributed by atoms with Gasteiger partial charge in [0.1, 0.15) is 0 Å². The van der Waals surface area contributed by atoms with Crippen molar-refractivity contribution in [2.24, 2.45) is 0 Å². The van der Waals surface area contributed by atoms with Gasteiger partial charge in [0.05, 0.1) is 32.2 Å².